The van der Waals surface area contributed by atoms with Crippen molar-refractivity contribution < 1.29 is 4.40 Å². The number of hydrogen-bond donors (Lipinski definition) is 2. The van der Waals surface area contributed by atoms with E-state index in [2.05, 4.69) is 35.9 Å². The summed E-state index contributed by atoms with van der Waals surface area (Å²) >= 11 is 0. The molecule has 92 valence electrons. The van der Waals surface area contributed by atoms with E-state index in [1.54, 1.807) is 6.21 Å². The summed E-state index contributed by atoms with van der Waals surface area (Å²) in [4.78, 5) is 4.20. The highest BCUT2D eigenvalue weighted by Gasteiger charge is 2.11. The molecule has 18 heavy (non-hydrogen) atoms. The highest BCUT2D eigenvalue weighted by molar-refractivity contribution is 5.83. The number of guanidine groups is 1. The van der Waals surface area contributed by atoms with Gasteiger partial charge in [-0.25, -0.2) is 19.4 Å². The summed E-state index contributed by atoms with van der Waals surface area (Å²) < 4.78 is 4.14. The SMILES string of the molecule is Cn1c(/C=N/NC2=NCCN2)c[n+]2ccccc12. The minimum atomic E-state index is 0.734. The van der Waals surface area contributed by atoms with Gasteiger partial charge in [0.1, 0.15) is 6.20 Å². The molecule has 0 radical (unpaired) electrons. The molecule has 3 rings (SSSR count). The smallest absolute Gasteiger partial charge is 0.286 e. The van der Waals surface area contributed by atoms with Crippen LogP contribution in [0.1, 0.15) is 5.69 Å². The summed E-state index contributed by atoms with van der Waals surface area (Å²) in [6.45, 7) is 1.68. The second kappa shape index (κ2) is 4.48. The van der Waals surface area contributed by atoms with E-state index in [1.165, 1.54) is 0 Å². The topological polar surface area (TPSA) is 57.8 Å². The number of fused-ring (bicyclic) bond motifs is 1. The van der Waals surface area contributed by atoms with Crippen molar-refractivity contribution in [1.29, 1.82) is 0 Å². The molecule has 2 N–H and O–H groups in total. The molecule has 2 aromatic rings. The number of aryl methyl sites for hydroxylation is 1. The molecule has 0 spiro atoms. The summed E-state index contributed by atoms with van der Waals surface area (Å²) in [7, 11) is 2.02. The predicted octanol–water partition coefficient (Wildman–Crippen LogP) is -0.353. The number of nitrogens with zero attached hydrogens (tertiary/aromatic N) is 4. The molecule has 0 aromatic carbocycles. The van der Waals surface area contributed by atoms with Crippen LogP contribution in [0.3, 0.4) is 0 Å². The van der Waals surface area contributed by atoms with Gasteiger partial charge in [-0.3, -0.25) is 0 Å². The number of aliphatic imine (C=N–C) groups is 1. The van der Waals surface area contributed by atoms with Crippen molar-refractivity contribution in [2.45, 2.75) is 0 Å². The maximum atomic E-state index is 4.20. The Balaban J connectivity index is 1.81. The molecule has 1 aliphatic rings. The second-order valence-electron chi connectivity index (χ2n) is 4.11. The molecule has 6 heteroatoms. The third-order valence-corrected chi connectivity index (χ3v) is 2.91. The van der Waals surface area contributed by atoms with Crippen LogP contribution in [0, 0.1) is 0 Å². The number of aromatic nitrogens is 2. The Kier molecular flexibility index (Phi) is 2.68. The fourth-order valence-corrected chi connectivity index (χ4v) is 1.95. The van der Waals surface area contributed by atoms with Gasteiger partial charge in [0.2, 0.25) is 5.96 Å². The van der Waals surface area contributed by atoms with Gasteiger partial charge in [0, 0.05) is 12.6 Å². The Labute approximate surface area is 105 Å². The first-order chi connectivity index (χ1) is 8.84. The molecule has 0 amide bonds. The van der Waals surface area contributed by atoms with E-state index in [9.17, 15) is 0 Å². The normalized spacial score (nSPS) is 15.1. The maximum absolute atomic E-state index is 4.20. The monoisotopic (exact) mass is 243 g/mol. The predicted molar refractivity (Wildman–Crippen MR) is 69.6 cm³/mol. The van der Waals surface area contributed by atoms with E-state index >= 15 is 0 Å². The summed E-state index contributed by atoms with van der Waals surface area (Å²) in [6.07, 6.45) is 5.84. The van der Waals surface area contributed by atoms with Gasteiger partial charge < -0.3 is 5.32 Å². The summed E-state index contributed by atoms with van der Waals surface area (Å²) in [5.41, 5.74) is 5.03. The van der Waals surface area contributed by atoms with Crippen LogP contribution in [0.5, 0.6) is 0 Å². The molecule has 0 fully saturated rings. The fraction of sp³-hybridized carbons (Fsp3) is 0.250. The quantitative estimate of drug-likeness (QED) is 0.430. The van der Waals surface area contributed by atoms with Gasteiger partial charge in [0.15, 0.2) is 5.69 Å². The van der Waals surface area contributed by atoms with Crippen molar-refractivity contribution in [3.63, 3.8) is 0 Å². The van der Waals surface area contributed by atoms with Gasteiger partial charge in [0.25, 0.3) is 5.65 Å². The summed E-state index contributed by atoms with van der Waals surface area (Å²) in [5, 5.41) is 7.27. The minimum Gasteiger partial charge on any atom is -0.353 e. The zero-order valence-electron chi connectivity index (χ0n) is 10.2. The number of imidazole rings is 1. The zero-order chi connectivity index (χ0) is 12.4. The molecule has 1 aliphatic heterocycles. The van der Waals surface area contributed by atoms with Gasteiger partial charge in [-0.05, 0) is 6.07 Å². The van der Waals surface area contributed by atoms with Gasteiger partial charge in [-0.2, -0.15) is 5.10 Å². The minimum absolute atomic E-state index is 0.734. The van der Waals surface area contributed by atoms with Crippen LogP contribution in [0.4, 0.5) is 0 Å². The standard InChI is InChI=1S/C12H15N6/c1-17-10(8-15-16-12-13-5-6-14-12)9-18-7-3-2-4-11(17)18/h2-4,7-9H,5-6H2,1H3,(H2,13,14,16)/q+1/b15-8+. The number of nitrogens with one attached hydrogen (secondary N) is 2. The lowest BCUT2D eigenvalue weighted by atomic mass is 10.5. The summed E-state index contributed by atoms with van der Waals surface area (Å²) in [5.74, 6) is 0.734. The van der Waals surface area contributed by atoms with Crippen LogP contribution < -0.4 is 15.1 Å². The average Bonchev–Trinajstić information content (AvgIpc) is 3.00. The van der Waals surface area contributed by atoms with Crippen LogP contribution in [-0.4, -0.2) is 29.8 Å². The molecular weight excluding hydrogens is 228 g/mol. The van der Waals surface area contributed by atoms with E-state index in [0.29, 0.717) is 0 Å². The first-order valence-corrected chi connectivity index (χ1v) is 5.88. The number of rotatable bonds is 2. The average molecular weight is 243 g/mol. The van der Waals surface area contributed by atoms with Gasteiger partial charge >= 0.3 is 0 Å². The van der Waals surface area contributed by atoms with Crippen molar-refractivity contribution in [3.8, 4) is 0 Å². The lowest BCUT2D eigenvalue weighted by Crippen LogP contribution is -2.30. The highest BCUT2D eigenvalue weighted by Crippen LogP contribution is 2.00. The van der Waals surface area contributed by atoms with Crippen LogP contribution >= 0.6 is 0 Å². The van der Waals surface area contributed by atoms with Gasteiger partial charge in [-0.1, -0.05) is 6.07 Å². The first-order valence-electron chi connectivity index (χ1n) is 5.88. The Hall–Kier alpha value is -2.37. The molecule has 0 aliphatic carbocycles. The fourth-order valence-electron chi connectivity index (χ4n) is 1.95. The van der Waals surface area contributed by atoms with Crippen molar-refractivity contribution >= 4 is 17.8 Å². The molecule has 0 atom stereocenters. The Morgan fingerprint density at radius 3 is 3.28 bits per heavy atom. The van der Waals surface area contributed by atoms with E-state index < -0.39 is 0 Å². The third-order valence-electron chi connectivity index (χ3n) is 2.91. The van der Waals surface area contributed by atoms with Crippen LogP contribution in [-0.2, 0) is 7.05 Å². The van der Waals surface area contributed by atoms with Gasteiger partial charge in [0.05, 0.1) is 26.0 Å². The van der Waals surface area contributed by atoms with Crippen LogP contribution in [0.15, 0.2) is 40.7 Å². The molecule has 0 saturated carbocycles. The number of hydrazone groups is 1. The van der Waals surface area contributed by atoms with Crippen LogP contribution in [0.2, 0.25) is 0 Å². The number of pyridine rings is 1. The zero-order valence-corrected chi connectivity index (χ0v) is 10.2. The van der Waals surface area contributed by atoms with E-state index in [-0.39, 0.29) is 0 Å². The van der Waals surface area contributed by atoms with E-state index in [4.69, 9.17) is 0 Å². The van der Waals surface area contributed by atoms with Crippen LogP contribution in [0.25, 0.3) is 5.65 Å². The van der Waals surface area contributed by atoms with Crippen molar-refractivity contribution in [2.75, 3.05) is 13.1 Å². The van der Waals surface area contributed by atoms with Gasteiger partial charge in [-0.15, -0.1) is 0 Å². The van der Waals surface area contributed by atoms with Crippen molar-refractivity contribution in [1.82, 2.24) is 15.3 Å². The molecule has 0 bridgehead atoms. The largest absolute Gasteiger partial charge is 0.353 e. The highest BCUT2D eigenvalue weighted by atomic mass is 15.4. The Morgan fingerprint density at radius 2 is 2.50 bits per heavy atom. The summed E-state index contributed by atoms with van der Waals surface area (Å²) in [6, 6.07) is 6.09. The molecule has 6 nitrogen and oxygen atoms in total. The lowest BCUT2D eigenvalue weighted by Gasteiger charge is -1.97. The van der Waals surface area contributed by atoms with E-state index in [1.807, 2.05) is 31.6 Å². The third kappa shape index (κ3) is 1.92. The second-order valence-corrected chi connectivity index (χ2v) is 4.11. The van der Waals surface area contributed by atoms with Crippen molar-refractivity contribution in [3.05, 3.63) is 36.3 Å². The Morgan fingerprint density at radius 1 is 1.56 bits per heavy atom. The molecular formula is C12H15N6+. The number of hydrogen-bond acceptors (Lipinski definition) is 4. The lowest BCUT2D eigenvalue weighted by molar-refractivity contribution is -0.510. The van der Waals surface area contributed by atoms with Crippen molar-refractivity contribution in [2.24, 2.45) is 17.1 Å². The molecule has 3 heterocycles. The molecule has 0 saturated heterocycles. The van der Waals surface area contributed by atoms with E-state index in [0.717, 1.165) is 30.4 Å². The Bertz CT molecular complexity index is 625. The molecule has 2 aromatic heterocycles. The molecule has 0 unspecified atom stereocenters. The maximum Gasteiger partial charge on any atom is 0.286 e. The first kappa shape index (κ1) is 10.8.